The number of benzene rings is 1. The molecule has 0 unspecified atom stereocenters. The van der Waals surface area contributed by atoms with Crippen LogP contribution in [0.5, 0.6) is 0 Å². The smallest absolute Gasteiger partial charge is 0.269 e. The minimum absolute atomic E-state index is 0.0519. The van der Waals surface area contributed by atoms with Crippen molar-refractivity contribution in [3.63, 3.8) is 0 Å². The summed E-state index contributed by atoms with van der Waals surface area (Å²) < 4.78 is 2.45. The van der Waals surface area contributed by atoms with Gasteiger partial charge in [0.1, 0.15) is 4.32 Å². The summed E-state index contributed by atoms with van der Waals surface area (Å²) in [4.78, 5) is 22.7. The van der Waals surface area contributed by atoms with Crippen LogP contribution < -0.4 is 5.32 Å². The number of amides is 1. The maximum absolute atomic E-state index is 11.8. The summed E-state index contributed by atoms with van der Waals surface area (Å²) >= 11 is 6.23. The van der Waals surface area contributed by atoms with E-state index >= 15 is 0 Å². The van der Waals surface area contributed by atoms with Crippen LogP contribution in [0.1, 0.15) is 17.0 Å². The number of nitro groups is 1. The molecule has 0 radical (unpaired) electrons. The minimum Gasteiger partial charge on any atom is -0.318 e. The number of carbonyl (C=O) groups excluding carboxylic acids is 1. The van der Waals surface area contributed by atoms with Gasteiger partial charge in [-0.15, -0.1) is 0 Å². The Kier molecular flexibility index (Phi) is 4.25. The van der Waals surface area contributed by atoms with Crippen molar-refractivity contribution in [2.75, 3.05) is 0 Å². The largest absolute Gasteiger partial charge is 0.318 e. The lowest BCUT2D eigenvalue weighted by Gasteiger charge is -2.09. The standard InChI is InChI=1S/C16H13N3O3S2/c1-9-7-11(8-14-15(20)17-16(23)24-14)10(2)18(9)12-3-5-13(6-4-12)19(21)22/h3-8H,1-2H3,(H,17,20,23)/b14-8-. The molecule has 6 nitrogen and oxygen atoms in total. The van der Waals surface area contributed by atoms with Crippen LogP contribution in [-0.4, -0.2) is 19.7 Å². The van der Waals surface area contributed by atoms with Crippen LogP contribution in [-0.2, 0) is 4.79 Å². The van der Waals surface area contributed by atoms with Gasteiger partial charge in [-0.05, 0) is 43.7 Å². The SMILES string of the molecule is Cc1cc(/C=C2\SC(=S)NC2=O)c(C)n1-c1ccc([N+](=O)[O-])cc1. The third-order valence-electron chi connectivity index (χ3n) is 3.72. The molecule has 1 fully saturated rings. The molecule has 8 heteroatoms. The number of aromatic nitrogens is 1. The zero-order chi connectivity index (χ0) is 17.4. The molecule has 3 rings (SSSR count). The normalized spacial score (nSPS) is 15.8. The number of thioether (sulfide) groups is 1. The summed E-state index contributed by atoms with van der Waals surface area (Å²) in [5.41, 5.74) is 3.71. The molecule has 122 valence electrons. The van der Waals surface area contributed by atoms with Crippen molar-refractivity contribution >= 4 is 46.0 Å². The maximum Gasteiger partial charge on any atom is 0.269 e. The van der Waals surface area contributed by atoms with Gasteiger partial charge >= 0.3 is 0 Å². The summed E-state index contributed by atoms with van der Waals surface area (Å²) in [6.07, 6.45) is 1.81. The highest BCUT2D eigenvalue weighted by molar-refractivity contribution is 8.26. The molecule has 1 aromatic carbocycles. The van der Waals surface area contributed by atoms with E-state index in [-0.39, 0.29) is 11.6 Å². The second-order valence-electron chi connectivity index (χ2n) is 5.29. The summed E-state index contributed by atoms with van der Waals surface area (Å²) in [5.74, 6) is -0.190. The molecule has 1 N–H and O–H groups in total. The van der Waals surface area contributed by atoms with Crippen molar-refractivity contribution < 1.29 is 9.72 Å². The van der Waals surface area contributed by atoms with E-state index in [0.717, 1.165) is 22.6 Å². The number of thiocarbonyl (C=S) groups is 1. The second kappa shape index (κ2) is 6.21. The van der Waals surface area contributed by atoms with Crippen LogP contribution in [0.15, 0.2) is 35.2 Å². The molecule has 0 spiro atoms. The van der Waals surface area contributed by atoms with E-state index in [0.29, 0.717) is 9.23 Å². The zero-order valence-corrected chi connectivity index (χ0v) is 14.5. The Balaban J connectivity index is 2.01. The molecule has 2 aromatic rings. The fourth-order valence-corrected chi connectivity index (χ4v) is 3.65. The Bertz CT molecular complexity index is 898. The second-order valence-corrected chi connectivity index (χ2v) is 7.01. The quantitative estimate of drug-likeness (QED) is 0.393. The summed E-state index contributed by atoms with van der Waals surface area (Å²) in [7, 11) is 0. The Labute approximate surface area is 147 Å². The molecule has 1 aliphatic heterocycles. The summed E-state index contributed by atoms with van der Waals surface area (Å²) in [6, 6.07) is 8.34. The monoisotopic (exact) mass is 359 g/mol. The average Bonchev–Trinajstić information content (AvgIpc) is 2.98. The van der Waals surface area contributed by atoms with Crippen LogP contribution in [0, 0.1) is 24.0 Å². The van der Waals surface area contributed by atoms with E-state index in [4.69, 9.17) is 12.2 Å². The molecule has 1 amide bonds. The minimum atomic E-state index is -0.423. The van der Waals surface area contributed by atoms with Gasteiger partial charge < -0.3 is 9.88 Å². The fraction of sp³-hybridized carbons (Fsp3) is 0.125. The van der Waals surface area contributed by atoms with E-state index in [9.17, 15) is 14.9 Å². The van der Waals surface area contributed by atoms with Crippen molar-refractivity contribution in [1.29, 1.82) is 0 Å². The highest BCUT2D eigenvalue weighted by atomic mass is 32.2. The summed E-state index contributed by atoms with van der Waals surface area (Å²) in [6.45, 7) is 3.89. The highest BCUT2D eigenvalue weighted by Crippen LogP contribution is 2.29. The molecule has 0 bridgehead atoms. The molecule has 0 aliphatic carbocycles. The van der Waals surface area contributed by atoms with Crippen LogP contribution in [0.25, 0.3) is 11.8 Å². The van der Waals surface area contributed by atoms with Crippen LogP contribution in [0.3, 0.4) is 0 Å². The third-order valence-corrected chi connectivity index (χ3v) is 4.88. The number of rotatable bonds is 3. The van der Waals surface area contributed by atoms with E-state index in [2.05, 4.69) is 5.32 Å². The van der Waals surface area contributed by atoms with E-state index in [1.54, 1.807) is 12.1 Å². The molecular weight excluding hydrogens is 346 g/mol. The van der Waals surface area contributed by atoms with Crippen molar-refractivity contribution in [2.24, 2.45) is 0 Å². The van der Waals surface area contributed by atoms with Crippen LogP contribution in [0.4, 0.5) is 5.69 Å². The van der Waals surface area contributed by atoms with Gasteiger partial charge in [-0.1, -0.05) is 24.0 Å². The van der Waals surface area contributed by atoms with Gasteiger partial charge in [-0.25, -0.2) is 0 Å². The van der Waals surface area contributed by atoms with Gasteiger partial charge in [0.15, 0.2) is 0 Å². The van der Waals surface area contributed by atoms with Crippen LogP contribution >= 0.6 is 24.0 Å². The van der Waals surface area contributed by atoms with Gasteiger partial charge in [0.2, 0.25) is 0 Å². The predicted molar refractivity (Wildman–Crippen MR) is 98.2 cm³/mol. The number of aryl methyl sites for hydroxylation is 1. The fourth-order valence-electron chi connectivity index (χ4n) is 2.62. The summed E-state index contributed by atoms with van der Waals surface area (Å²) in [5, 5.41) is 13.4. The van der Waals surface area contributed by atoms with Crippen LogP contribution in [0.2, 0.25) is 0 Å². The van der Waals surface area contributed by atoms with E-state index in [1.807, 2.05) is 30.6 Å². The van der Waals surface area contributed by atoms with Gasteiger partial charge in [0.25, 0.3) is 11.6 Å². The first-order valence-electron chi connectivity index (χ1n) is 7.05. The van der Waals surface area contributed by atoms with Gasteiger partial charge in [0.05, 0.1) is 9.83 Å². The lowest BCUT2D eigenvalue weighted by Crippen LogP contribution is -2.17. The van der Waals surface area contributed by atoms with Gasteiger partial charge in [-0.3, -0.25) is 14.9 Å². The molecule has 0 atom stereocenters. The molecule has 1 aromatic heterocycles. The average molecular weight is 359 g/mol. The molecule has 1 aliphatic rings. The first-order chi connectivity index (χ1) is 11.4. The lowest BCUT2D eigenvalue weighted by atomic mass is 10.2. The van der Waals surface area contributed by atoms with Crippen molar-refractivity contribution in [2.45, 2.75) is 13.8 Å². The Morgan fingerprint density at radius 1 is 1.29 bits per heavy atom. The Morgan fingerprint density at radius 2 is 1.96 bits per heavy atom. The van der Waals surface area contributed by atoms with Crippen molar-refractivity contribution in [3.05, 3.63) is 62.3 Å². The Morgan fingerprint density at radius 3 is 2.50 bits per heavy atom. The number of nitrogens with one attached hydrogen (secondary N) is 1. The number of nitro benzene ring substituents is 1. The third kappa shape index (κ3) is 2.98. The van der Waals surface area contributed by atoms with Crippen molar-refractivity contribution in [1.82, 2.24) is 9.88 Å². The van der Waals surface area contributed by atoms with E-state index < -0.39 is 4.92 Å². The zero-order valence-electron chi connectivity index (χ0n) is 12.9. The van der Waals surface area contributed by atoms with Gasteiger partial charge in [-0.2, -0.15) is 0 Å². The molecule has 24 heavy (non-hydrogen) atoms. The highest BCUT2D eigenvalue weighted by Gasteiger charge is 2.23. The maximum atomic E-state index is 11.8. The first kappa shape index (κ1) is 16.4. The predicted octanol–water partition coefficient (Wildman–Crippen LogP) is 3.49. The number of hydrogen-bond acceptors (Lipinski definition) is 5. The molecule has 0 saturated carbocycles. The lowest BCUT2D eigenvalue weighted by molar-refractivity contribution is -0.384. The van der Waals surface area contributed by atoms with Crippen molar-refractivity contribution in [3.8, 4) is 5.69 Å². The number of carbonyl (C=O) groups is 1. The Hall–Kier alpha value is -2.45. The van der Waals surface area contributed by atoms with Gasteiger partial charge in [0, 0.05) is 29.2 Å². The number of non-ortho nitro benzene ring substituents is 1. The number of hydrogen-bond donors (Lipinski definition) is 1. The molecular formula is C16H13N3O3S2. The first-order valence-corrected chi connectivity index (χ1v) is 8.28. The molecule has 2 heterocycles. The molecule has 1 saturated heterocycles. The number of nitrogens with zero attached hydrogens (tertiary/aromatic N) is 2. The topological polar surface area (TPSA) is 77.2 Å². The van der Waals surface area contributed by atoms with E-state index in [1.165, 1.54) is 23.9 Å².